The highest BCUT2D eigenvalue weighted by molar-refractivity contribution is 5.83. The van der Waals surface area contributed by atoms with Crippen molar-refractivity contribution in [1.29, 1.82) is 0 Å². The van der Waals surface area contributed by atoms with Gasteiger partial charge in [0.25, 0.3) is 0 Å². The van der Waals surface area contributed by atoms with Crippen molar-refractivity contribution in [2.75, 3.05) is 19.8 Å². The van der Waals surface area contributed by atoms with Gasteiger partial charge in [-0.3, -0.25) is 5.32 Å². The molecule has 0 saturated carbocycles. The van der Waals surface area contributed by atoms with Crippen LogP contribution in [0.25, 0.3) is 0 Å². The van der Waals surface area contributed by atoms with Crippen LogP contribution in [0.5, 0.6) is 0 Å². The molecule has 1 aromatic carbocycles. The van der Waals surface area contributed by atoms with E-state index in [-0.39, 0.29) is 19.6 Å². The van der Waals surface area contributed by atoms with E-state index in [9.17, 15) is 14.7 Å². The van der Waals surface area contributed by atoms with Crippen molar-refractivity contribution in [2.24, 2.45) is 0 Å². The molecular weight excluding hydrogens is 310 g/mol. The summed E-state index contributed by atoms with van der Waals surface area (Å²) in [5.41, 5.74) is -0.583. The molecule has 1 atom stereocenters. The molecule has 1 unspecified atom stereocenters. The molecule has 1 aromatic rings. The number of carboxylic acids is 1. The number of rotatable bonds is 12. The molecule has 0 fully saturated rings. The number of carboxylic acid groups (broad SMARTS) is 1. The number of carbonyl (C=O) groups excluding carboxylic acids is 1. The largest absolute Gasteiger partial charge is 0.480 e. The van der Waals surface area contributed by atoms with E-state index in [1.165, 1.54) is 0 Å². The van der Waals surface area contributed by atoms with Gasteiger partial charge in [0.1, 0.15) is 6.29 Å². The molecule has 0 aliphatic heterocycles. The second kappa shape index (κ2) is 9.52. The smallest absolute Gasteiger partial charge is 0.330 e. The van der Waals surface area contributed by atoms with Crippen LogP contribution in [-0.4, -0.2) is 48.4 Å². The van der Waals surface area contributed by atoms with Gasteiger partial charge in [-0.05, 0) is 32.8 Å². The predicted molar refractivity (Wildman–Crippen MR) is 90.9 cm³/mol. The van der Waals surface area contributed by atoms with Crippen molar-refractivity contribution in [1.82, 2.24) is 5.32 Å². The van der Waals surface area contributed by atoms with Gasteiger partial charge in [-0.1, -0.05) is 30.3 Å². The first kappa shape index (κ1) is 20.3. The number of hydrogen-bond acceptors (Lipinski definition) is 5. The van der Waals surface area contributed by atoms with Crippen LogP contribution in [0, 0.1) is 0 Å². The lowest BCUT2D eigenvalue weighted by molar-refractivity contribution is -0.265. The second-order valence-corrected chi connectivity index (χ2v) is 5.56. The van der Waals surface area contributed by atoms with Gasteiger partial charge in [-0.2, -0.15) is 0 Å². The molecule has 0 amide bonds. The Kier molecular flexibility index (Phi) is 8.04. The van der Waals surface area contributed by atoms with Crippen LogP contribution in [-0.2, 0) is 25.5 Å². The molecule has 2 N–H and O–H groups in total. The number of aldehydes is 1. The van der Waals surface area contributed by atoms with Crippen LogP contribution in [0.4, 0.5) is 0 Å². The summed E-state index contributed by atoms with van der Waals surface area (Å²) < 4.78 is 11.3. The normalized spacial score (nSPS) is 14.1. The van der Waals surface area contributed by atoms with E-state index in [1.807, 2.05) is 30.3 Å². The molecule has 24 heavy (non-hydrogen) atoms. The average Bonchev–Trinajstić information content (AvgIpc) is 2.55. The first-order valence-corrected chi connectivity index (χ1v) is 8.19. The van der Waals surface area contributed by atoms with E-state index in [0.717, 1.165) is 5.56 Å². The molecule has 0 aliphatic rings. The minimum atomic E-state index is -1.66. The second-order valence-electron chi connectivity index (χ2n) is 5.56. The molecule has 0 heterocycles. The van der Waals surface area contributed by atoms with Crippen LogP contribution >= 0.6 is 0 Å². The molecule has 6 nitrogen and oxygen atoms in total. The Balaban J connectivity index is 3.03. The number of ether oxygens (including phenoxy) is 2. The minimum Gasteiger partial charge on any atom is -0.480 e. The third kappa shape index (κ3) is 4.63. The van der Waals surface area contributed by atoms with E-state index in [2.05, 4.69) is 5.32 Å². The monoisotopic (exact) mass is 337 g/mol. The van der Waals surface area contributed by atoms with E-state index < -0.39 is 17.3 Å². The van der Waals surface area contributed by atoms with Crippen LogP contribution in [0.2, 0.25) is 0 Å². The number of aliphatic carboxylic acids is 1. The Hall–Kier alpha value is -1.76. The number of hydrogen-bond donors (Lipinski definition) is 2. The van der Waals surface area contributed by atoms with Crippen molar-refractivity contribution in [3.63, 3.8) is 0 Å². The zero-order valence-corrected chi connectivity index (χ0v) is 14.6. The Morgan fingerprint density at radius 3 is 2.25 bits per heavy atom. The van der Waals surface area contributed by atoms with Crippen molar-refractivity contribution >= 4 is 12.3 Å². The number of benzene rings is 1. The third-order valence-corrected chi connectivity index (χ3v) is 4.05. The summed E-state index contributed by atoms with van der Waals surface area (Å²) in [6.07, 6.45) is 0.955. The molecule has 134 valence electrons. The minimum absolute atomic E-state index is 0.256. The topological polar surface area (TPSA) is 84.9 Å². The standard InChI is InChI=1S/C18H27NO5/c1-4-23-17(3,24-5-2)18(12-14-20,16(21)22)19-13-11-15-9-7-6-8-10-15/h6-10,14,19H,4-5,11-13H2,1-3H3,(H,21,22). The van der Waals surface area contributed by atoms with Gasteiger partial charge in [0.2, 0.25) is 0 Å². The van der Waals surface area contributed by atoms with Crippen molar-refractivity contribution < 1.29 is 24.2 Å². The number of carbonyl (C=O) groups is 2. The van der Waals surface area contributed by atoms with E-state index in [4.69, 9.17) is 9.47 Å². The zero-order valence-electron chi connectivity index (χ0n) is 14.6. The Bertz CT molecular complexity index is 513. The fourth-order valence-electron chi connectivity index (χ4n) is 2.80. The SMILES string of the molecule is CCOC(C)(OCC)C(CC=O)(NCCc1ccccc1)C(=O)O. The highest BCUT2D eigenvalue weighted by atomic mass is 16.7. The van der Waals surface area contributed by atoms with Gasteiger partial charge < -0.3 is 19.4 Å². The van der Waals surface area contributed by atoms with Crippen molar-refractivity contribution in [3.05, 3.63) is 35.9 Å². The maximum atomic E-state index is 12.1. The summed E-state index contributed by atoms with van der Waals surface area (Å²) in [7, 11) is 0. The summed E-state index contributed by atoms with van der Waals surface area (Å²) >= 11 is 0. The van der Waals surface area contributed by atoms with Gasteiger partial charge >= 0.3 is 5.97 Å². The first-order valence-electron chi connectivity index (χ1n) is 8.19. The van der Waals surface area contributed by atoms with Crippen LogP contribution in [0.15, 0.2) is 30.3 Å². The molecule has 0 spiro atoms. The Morgan fingerprint density at radius 1 is 1.21 bits per heavy atom. The molecule has 1 rings (SSSR count). The quantitative estimate of drug-likeness (QED) is 0.448. The summed E-state index contributed by atoms with van der Waals surface area (Å²) in [5, 5.41) is 12.9. The van der Waals surface area contributed by atoms with E-state index in [0.29, 0.717) is 19.3 Å². The lowest BCUT2D eigenvalue weighted by Crippen LogP contribution is -2.69. The van der Waals surface area contributed by atoms with Crippen molar-refractivity contribution in [2.45, 2.75) is 44.9 Å². The maximum Gasteiger partial charge on any atom is 0.330 e. The lowest BCUT2D eigenvalue weighted by Gasteiger charge is -2.44. The average molecular weight is 337 g/mol. The molecule has 6 heteroatoms. The summed E-state index contributed by atoms with van der Waals surface area (Å²) in [6, 6.07) is 9.71. The number of nitrogens with one attached hydrogen (secondary N) is 1. The molecule has 0 saturated heterocycles. The lowest BCUT2D eigenvalue weighted by atomic mass is 9.85. The van der Waals surface area contributed by atoms with Gasteiger partial charge in [-0.15, -0.1) is 0 Å². The predicted octanol–water partition coefficient (Wildman–Crippen LogP) is 2.02. The molecule has 0 aromatic heterocycles. The van der Waals surface area contributed by atoms with Gasteiger partial charge in [0.15, 0.2) is 11.3 Å². The highest BCUT2D eigenvalue weighted by Crippen LogP contribution is 2.31. The zero-order chi connectivity index (χ0) is 18.1. The summed E-state index contributed by atoms with van der Waals surface area (Å²) in [6.45, 7) is 5.99. The fraction of sp³-hybridized carbons (Fsp3) is 0.556. The van der Waals surface area contributed by atoms with Crippen LogP contribution in [0.1, 0.15) is 32.8 Å². The summed E-state index contributed by atoms with van der Waals surface area (Å²) in [4.78, 5) is 23.3. The van der Waals surface area contributed by atoms with Crippen molar-refractivity contribution in [3.8, 4) is 0 Å². The maximum absolute atomic E-state index is 12.1. The molecule has 0 radical (unpaired) electrons. The third-order valence-electron chi connectivity index (χ3n) is 4.05. The van der Waals surface area contributed by atoms with Crippen LogP contribution < -0.4 is 5.32 Å². The Morgan fingerprint density at radius 2 is 1.79 bits per heavy atom. The Labute approximate surface area is 143 Å². The van der Waals surface area contributed by atoms with E-state index >= 15 is 0 Å². The summed E-state index contributed by atoms with van der Waals surface area (Å²) in [5.74, 6) is -2.63. The molecule has 0 bridgehead atoms. The molecule has 0 aliphatic carbocycles. The molecular formula is C18H27NO5. The van der Waals surface area contributed by atoms with Gasteiger partial charge in [0.05, 0.1) is 0 Å². The van der Waals surface area contributed by atoms with Gasteiger partial charge in [0, 0.05) is 26.2 Å². The fourth-order valence-corrected chi connectivity index (χ4v) is 2.80. The van der Waals surface area contributed by atoms with Crippen LogP contribution in [0.3, 0.4) is 0 Å². The van der Waals surface area contributed by atoms with E-state index in [1.54, 1.807) is 20.8 Å². The first-order chi connectivity index (χ1) is 11.5. The van der Waals surface area contributed by atoms with Gasteiger partial charge in [-0.25, -0.2) is 4.79 Å². The highest BCUT2D eigenvalue weighted by Gasteiger charge is 2.56.